The Labute approximate surface area is 139 Å². The van der Waals surface area contributed by atoms with Crippen LogP contribution in [0.15, 0.2) is 57.7 Å². The maximum absolute atomic E-state index is 12.1. The lowest BCUT2D eigenvalue weighted by atomic mass is 10.2. The molecule has 130 valence electrons. The number of furan rings is 1. The fraction of sp³-hybridized carbons (Fsp3) is 0.125. The van der Waals surface area contributed by atoms with Crippen LogP contribution < -0.4 is 10.1 Å². The van der Waals surface area contributed by atoms with Gasteiger partial charge in [-0.3, -0.25) is 4.79 Å². The number of carbonyl (C=O) groups is 1. The topological polar surface area (TPSA) is 77.5 Å². The summed E-state index contributed by atoms with van der Waals surface area (Å²) in [7, 11) is 0. The number of rotatable bonds is 5. The summed E-state index contributed by atoms with van der Waals surface area (Å²) in [5, 5.41) is 6.31. The quantitative estimate of drug-likeness (QED) is 0.751. The van der Waals surface area contributed by atoms with Crippen molar-refractivity contribution in [1.82, 2.24) is 5.16 Å². The van der Waals surface area contributed by atoms with Crippen molar-refractivity contribution in [2.45, 2.75) is 12.8 Å². The second-order valence-electron chi connectivity index (χ2n) is 4.96. The van der Waals surface area contributed by atoms with Crippen LogP contribution >= 0.6 is 0 Å². The van der Waals surface area contributed by atoms with Crippen molar-refractivity contribution in [2.24, 2.45) is 0 Å². The van der Waals surface area contributed by atoms with Crippen LogP contribution in [0.3, 0.4) is 0 Å². The lowest BCUT2D eigenvalue weighted by molar-refractivity contribution is -0.274. The summed E-state index contributed by atoms with van der Waals surface area (Å²) in [4.78, 5) is 12.0. The predicted molar refractivity (Wildman–Crippen MR) is 79.7 cm³/mol. The molecule has 0 aliphatic rings. The third kappa shape index (κ3) is 4.63. The van der Waals surface area contributed by atoms with E-state index < -0.39 is 12.3 Å². The van der Waals surface area contributed by atoms with E-state index in [1.165, 1.54) is 18.4 Å². The molecule has 25 heavy (non-hydrogen) atoms. The molecule has 0 bridgehead atoms. The average molecular weight is 352 g/mol. The van der Waals surface area contributed by atoms with Crippen molar-refractivity contribution in [3.8, 4) is 17.3 Å². The Hall–Kier alpha value is -3.23. The Morgan fingerprint density at radius 3 is 2.56 bits per heavy atom. The largest absolute Gasteiger partial charge is 0.573 e. The van der Waals surface area contributed by atoms with Gasteiger partial charge in [-0.1, -0.05) is 5.16 Å². The molecule has 1 aromatic carbocycles. The van der Waals surface area contributed by atoms with E-state index in [-0.39, 0.29) is 12.2 Å². The number of anilines is 1. The van der Waals surface area contributed by atoms with Crippen LogP contribution in [-0.2, 0) is 11.2 Å². The van der Waals surface area contributed by atoms with E-state index in [1.807, 2.05) is 0 Å². The maximum Gasteiger partial charge on any atom is 0.573 e. The first-order valence-corrected chi connectivity index (χ1v) is 7.04. The minimum atomic E-state index is -4.76. The standard InChI is InChI=1S/C16H11F3N2O4/c17-16(18,19)24-12-5-3-10(4-6-12)20-15(22)9-11-8-14(25-21-11)13-2-1-7-23-13/h1-8H,9H2,(H,20,22). The molecule has 0 aliphatic carbocycles. The lowest BCUT2D eigenvalue weighted by Crippen LogP contribution is -2.17. The molecular formula is C16H11F3N2O4. The van der Waals surface area contributed by atoms with Crippen molar-refractivity contribution in [3.63, 3.8) is 0 Å². The SMILES string of the molecule is O=C(Cc1cc(-c2ccco2)on1)Nc1ccc(OC(F)(F)F)cc1. The summed E-state index contributed by atoms with van der Waals surface area (Å²) >= 11 is 0. The first kappa shape index (κ1) is 16.6. The Morgan fingerprint density at radius 1 is 1.16 bits per heavy atom. The summed E-state index contributed by atoms with van der Waals surface area (Å²) in [6.45, 7) is 0. The predicted octanol–water partition coefficient (Wildman–Crippen LogP) is 4.01. The summed E-state index contributed by atoms with van der Waals surface area (Å²) in [5.41, 5.74) is 0.718. The van der Waals surface area contributed by atoms with E-state index >= 15 is 0 Å². The average Bonchev–Trinajstić information content (AvgIpc) is 3.18. The molecule has 9 heteroatoms. The molecule has 0 atom stereocenters. The third-order valence-corrected chi connectivity index (χ3v) is 3.04. The van der Waals surface area contributed by atoms with E-state index in [2.05, 4.69) is 15.2 Å². The van der Waals surface area contributed by atoms with Crippen LogP contribution in [0.25, 0.3) is 11.5 Å². The summed E-state index contributed by atoms with van der Waals surface area (Å²) in [6, 6.07) is 9.76. The van der Waals surface area contributed by atoms with E-state index in [9.17, 15) is 18.0 Å². The van der Waals surface area contributed by atoms with Gasteiger partial charge in [0.2, 0.25) is 11.7 Å². The van der Waals surface area contributed by atoms with Crippen molar-refractivity contribution >= 4 is 11.6 Å². The smallest absolute Gasteiger partial charge is 0.461 e. The van der Waals surface area contributed by atoms with Crippen LogP contribution in [0.1, 0.15) is 5.69 Å². The van der Waals surface area contributed by atoms with Crippen molar-refractivity contribution in [3.05, 3.63) is 54.4 Å². The number of carbonyl (C=O) groups excluding carboxylic acids is 1. The van der Waals surface area contributed by atoms with Crippen LogP contribution in [0.2, 0.25) is 0 Å². The number of hydrogen-bond donors (Lipinski definition) is 1. The van der Waals surface area contributed by atoms with Crippen LogP contribution in [0.4, 0.5) is 18.9 Å². The fourth-order valence-corrected chi connectivity index (χ4v) is 2.04. The highest BCUT2D eigenvalue weighted by molar-refractivity contribution is 5.92. The van der Waals surface area contributed by atoms with Gasteiger partial charge < -0.3 is 19.0 Å². The van der Waals surface area contributed by atoms with Gasteiger partial charge in [-0.05, 0) is 36.4 Å². The number of halogens is 3. The highest BCUT2D eigenvalue weighted by Gasteiger charge is 2.30. The van der Waals surface area contributed by atoms with Crippen LogP contribution in [-0.4, -0.2) is 17.4 Å². The Bertz CT molecular complexity index is 839. The molecule has 0 saturated heterocycles. The van der Waals surface area contributed by atoms with Crippen molar-refractivity contribution < 1.29 is 31.6 Å². The molecule has 0 fully saturated rings. The maximum atomic E-state index is 12.1. The zero-order chi connectivity index (χ0) is 17.9. The molecular weight excluding hydrogens is 341 g/mol. The zero-order valence-electron chi connectivity index (χ0n) is 12.5. The number of amides is 1. The van der Waals surface area contributed by atoms with Gasteiger partial charge in [-0.25, -0.2) is 0 Å². The molecule has 0 radical (unpaired) electrons. The first-order chi connectivity index (χ1) is 11.9. The lowest BCUT2D eigenvalue weighted by Gasteiger charge is -2.09. The second kappa shape index (κ2) is 6.71. The highest BCUT2D eigenvalue weighted by Crippen LogP contribution is 2.24. The Kier molecular flexibility index (Phi) is 4.46. The highest BCUT2D eigenvalue weighted by atomic mass is 19.4. The van der Waals surface area contributed by atoms with Gasteiger partial charge in [-0.2, -0.15) is 0 Å². The minimum Gasteiger partial charge on any atom is -0.461 e. The molecule has 0 unspecified atom stereocenters. The molecule has 2 aromatic heterocycles. The molecule has 2 heterocycles. The van der Waals surface area contributed by atoms with Gasteiger partial charge in [0.1, 0.15) is 5.75 Å². The third-order valence-electron chi connectivity index (χ3n) is 3.04. The van der Waals surface area contributed by atoms with Crippen molar-refractivity contribution in [2.75, 3.05) is 5.32 Å². The molecule has 0 saturated carbocycles. The van der Waals surface area contributed by atoms with Gasteiger partial charge >= 0.3 is 6.36 Å². The Morgan fingerprint density at radius 2 is 1.92 bits per heavy atom. The van der Waals surface area contributed by atoms with E-state index in [0.717, 1.165) is 12.1 Å². The fourth-order valence-electron chi connectivity index (χ4n) is 2.04. The first-order valence-electron chi connectivity index (χ1n) is 7.04. The number of nitrogens with zero attached hydrogens (tertiary/aromatic N) is 1. The Balaban J connectivity index is 1.57. The van der Waals surface area contributed by atoms with E-state index in [4.69, 9.17) is 8.94 Å². The summed E-state index contributed by atoms with van der Waals surface area (Å²) in [6.07, 6.45) is -3.34. The number of nitrogens with one attached hydrogen (secondary N) is 1. The second-order valence-corrected chi connectivity index (χ2v) is 4.96. The molecule has 6 nitrogen and oxygen atoms in total. The molecule has 1 amide bonds. The van der Waals surface area contributed by atoms with Crippen LogP contribution in [0, 0.1) is 0 Å². The van der Waals surface area contributed by atoms with Gasteiger partial charge in [0, 0.05) is 11.8 Å². The molecule has 3 aromatic rings. The summed E-state index contributed by atoms with van der Waals surface area (Å²) in [5.74, 6) is 0.106. The molecule has 3 rings (SSSR count). The van der Waals surface area contributed by atoms with Gasteiger partial charge in [0.25, 0.3) is 0 Å². The number of aromatic nitrogens is 1. The number of alkyl halides is 3. The van der Waals surface area contributed by atoms with Crippen molar-refractivity contribution in [1.29, 1.82) is 0 Å². The monoisotopic (exact) mass is 352 g/mol. The molecule has 0 aliphatic heterocycles. The van der Waals surface area contributed by atoms with Crippen LogP contribution in [0.5, 0.6) is 5.75 Å². The normalized spacial score (nSPS) is 11.3. The number of hydrogen-bond acceptors (Lipinski definition) is 5. The van der Waals surface area contributed by atoms with Gasteiger partial charge in [0.15, 0.2) is 5.76 Å². The minimum absolute atomic E-state index is 0.0645. The number of ether oxygens (including phenoxy) is 1. The number of benzene rings is 1. The van der Waals surface area contributed by atoms with Gasteiger partial charge in [-0.15, -0.1) is 13.2 Å². The zero-order valence-corrected chi connectivity index (χ0v) is 12.5. The summed E-state index contributed by atoms with van der Waals surface area (Å²) < 4.78 is 50.2. The van der Waals surface area contributed by atoms with Gasteiger partial charge in [0.05, 0.1) is 18.4 Å². The molecule has 0 spiro atoms. The van der Waals surface area contributed by atoms with E-state index in [1.54, 1.807) is 18.2 Å². The van der Waals surface area contributed by atoms with E-state index in [0.29, 0.717) is 22.9 Å². The molecule has 1 N–H and O–H groups in total.